The van der Waals surface area contributed by atoms with Crippen LogP contribution in [0.2, 0.25) is 0 Å². The van der Waals surface area contributed by atoms with E-state index >= 15 is 0 Å². The van der Waals surface area contributed by atoms with Gasteiger partial charge in [0.05, 0.1) is 40.3 Å². The lowest BCUT2D eigenvalue weighted by Gasteiger charge is -2.29. The highest BCUT2D eigenvalue weighted by molar-refractivity contribution is 5.77. The average molecular weight is 173 g/mol. The summed E-state index contributed by atoms with van der Waals surface area (Å²) in [5, 5.41) is 1.92. The lowest BCUT2D eigenvalue weighted by atomic mass is 10.3. The van der Waals surface area contributed by atoms with Crippen molar-refractivity contribution < 1.29 is 15.0 Å². The van der Waals surface area contributed by atoms with Crippen LogP contribution in [0, 0.1) is 0 Å². The molecule has 0 unspecified atom stereocenters. The zero-order valence-corrected chi connectivity index (χ0v) is 7.97. The van der Waals surface area contributed by atoms with Crippen molar-refractivity contribution in [3.05, 3.63) is 0 Å². The van der Waals surface area contributed by atoms with E-state index in [1.165, 1.54) is 4.90 Å². The second-order valence-electron chi connectivity index (χ2n) is 3.45. The second-order valence-corrected chi connectivity index (χ2v) is 3.45. The largest absolute Gasteiger partial charge is 0.341 e. The third-order valence-electron chi connectivity index (χ3n) is 2.35. The van der Waals surface area contributed by atoms with Crippen LogP contribution in [0.15, 0.2) is 0 Å². The Morgan fingerprint density at radius 1 is 1.50 bits per heavy atom. The minimum atomic E-state index is 0.282. The van der Waals surface area contributed by atoms with E-state index < -0.39 is 0 Å². The van der Waals surface area contributed by atoms with Crippen LogP contribution in [0.1, 0.15) is 0 Å². The molecule has 0 spiro atoms. The number of rotatable bonds is 2. The average Bonchev–Trinajstić information content (AvgIpc) is 2.06. The number of likely N-dealkylation sites (N-methyl/N-ethyl adjacent to an activating group) is 2. The molecule has 4 nitrogen and oxygen atoms in total. The third kappa shape index (κ3) is 2.46. The van der Waals surface area contributed by atoms with Crippen molar-refractivity contribution in [3.8, 4) is 0 Å². The van der Waals surface area contributed by atoms with Gasteiger partial charge in [-0.05, 0) is 0 Å². The molecule has 70 valence electrons. The van der Waals surface area contributed by atoms with Crippen LogP contribution in [0.3, 0.4) is 0 Å². The van der Waals surface area contributed by atoms with E-state index in [9.17, 15) is 4.79 Å². The zero-order valence-electron chi connectivity index (χ0n) is 7.97. The molecule has 0 radical (unpaired) electrons. The van der Waals surface area contributed by atoms with Crippen molar-refractivity contribution >= 4 is 5.91 Å². The molecular weight excluding hydrogens is 154 g/mol. The Morgan fingerprint density at radius 3 is 2.58 bits per heavy atom. The summed E-state index contributed by atoms with van der Waals surface area (Å²) in [5.41, 5.74) is 0. The van der Waals surface area contributed by atoms with Gasteiger partial charge < -0.3 is 15.1 Å². The van der Waals surface area contributed by atoms with E-state index in [1.807, 2.05) is 17.3 Å². The van der Waals surface area contributed by atoms with Crippen molar-refractivity contribution in [2.75, 3.05) is 46.8 Å². The molecule has 0 aromatic rings. The zero-order chi connectivity index (χ0) is 8.97. The van der Waals surface area contributed by atoms with E-state index in [1.54, 1.807) is 0 Å². The fraction of sp³-hybridized carbons (Fsp3) is 0.875. The Balaban J connectivity index is 2.29. The first-order valence-electron chi connectivity index (χ1n) is 4.61. The van der Waals surface area contributed by atoms with Crippen LogP contribution in [-0.2, 0) is 4.79 Å². The Morgan fingerprint density at radius 2 is 2.08 bits per heavy atom. The van der Waals surface area contributed by atoms with Crippen LogP contribution >= 0.6 is 0 Å². The molecular formula is C8H19N3O+2. The molecule has 1 saturated heterocycles. The van der Waals surface area contributed by atoms with E-state index in [4.69, 9.17) is 0 Å². The summed E-state index contributed by atoms with van der Waals surface area (Å²) in [6.07, 6.45) is 0. The van der Waals surface area contributed by atoms with Gasteiger partial charge in [0.25, 0.3) is 5.91 Å². The van der Waals surface area contributed by atoms with Crippen molar-refractivity contribution in [1.29, 1.82) is 0 Å². The van der Waals surface area contributed by atoms with Crippen LogP contribution in [-0.4, -0.2) is 57.6 Å². The molecule has 0 bridgehead atoms. The first-order chi connectivity index (χ1) is 5.74. The summed E-state index contributed by atoms with van der Waals surface area (Å²) in [6, 6.07) is 0. The SMILES string of the molecule is C[NH2+]CC(=O)N1CC[NH+](C)CC1. The lowest BCUT2D eigenvalue weighted by molar-refractivity contribution is -0.883. The number of amides is 1. The summed E-state index contributed by atoms with van der Waals surface area (Å²) in [7, 11) is 4.10. The van der Waals surface area contributed by atoms with Crippen LogP contribution in [0.4, 0.5) is 0 Å². The van der Waals surface area contributed by atoms with Crippen LogP contribution < -0.4 is 10.2 Å². The number of quaternary nitrogens is 2. The lowest BCUT2D eigenvalue weighted by Crippen LogP contribution is -3.12. The number of hydrogen-bond donors (Lipinski definition) is 2. The highest BCUT2D eigenvalue weighted by Crippen LogP contribution is 1.87. The highest BCUT2D eigenvalue weighted by atomic mass is 16.2. The fourth-order valence-corrected chi connectivity index (χ4v) is 1.44. The molecule has 4 heteroatoms. The molecule has 1 aliphatic heterocycles. The number of nitrogens with one attached hydrogen (secondary N) is 1. The summed E-state index contributed by atoms with van der Waals surface area (Å²) in [5.74, 6) is 0.282. The Kier molecular flexibility index (Phi) is 3.49. The van der Waals surface area contributed by atoms with Gasteiger partial charge in [0, 0.05) is 0 Å². The molecule has 1 rings (SSSR count). The van der Waals surface area contributed by atoms with Gasteiger partial charge in [-0.1, -0.05) is 0 Å². The number of nitrogens with zero attached hydrogens (tertiary/aromatic N) is 1. The molecule has 0 saturated carbocycles. The molecule has 0 aliphatic carbocycles. The summed E-state index contributed by atoms with van der Waals surface area (Å²) in [4.78, 5) is 14.9. The van der Waals surface area contributed by atoms with Gasteiger partial charge in [0.2, 0.25) is 0 Å². The monoisotopic (exact) mass is 173 g/mol. The predicted molar refractivity (Wildman–Crippen MR) is 45.9 cm³/mol. The molecule has 0 aromatic carbocycles. The van der Waals surface area contributed by atoms with E-state index in [-0.39, 0.29) is 5.91 Å². The number of piperazine rings is 1. The van der Waals surface area contributed by atoms with Crippen LogP contribution in [0.5, 0.6) is 0 Å². The van der Waals surface area contributed by atoms with Crippen molar-refractivity contribution in [3.63, 3.8) is 0 Å². The summed E-state index contributed by atoms with van der Waals surface area (Å²) in [6.45, 7) is 4.64. The van der Waals surface area contributed by atoms with Gasteiger partial charge >= 0.3 is 0 Å². The molecule has 0 atom stereocenters. The van der Waals surface area contributed by atoms with Crippen LogP contribution in [0.25, 0.3) is 0 Å². The molecule has 1 amide bonds. The summed E-state index contributed by atoms with van der Waals surface area (Å²) >= 11 is 0. The van der Waals surface area contributed by atoms with E-state index in [2.05, 4.69) is 7.05 Å². The van der Waals surface area contributed by atoms with Gasteiger partial charge in [0.1, 0.15) is 0 Å². The molecule has 12 heavy (non-hydrogen) atoms. The van der Waals surface area contributed by atoms with E-state index in [0.717, 1.165) is 26.2 Å². The van der Waals surface area contributed by atoms with E-state index in [0.29, 0.717) is 6.54 Å². The molecule has 0 aromatic heterocycles. The number of carbonyl (C=O) groups is 1. The van der Waals surface area contributed by atoms with Gasteiger partial charge in [-0.15, -0.1) is 0 Å². The van der Waals surface area contributed by atoms with Crippen molar-refractivity contribution in [1.82, 2.24) is 4.90 Å². The maximum Gasteiger partial charge on any atom is 0.278 e. The minimum Gasteiger partial charge on any atom is -0.341 e. The normalized spacial score (nSPS) is 19.7. The summed E-state index contributed by atoms with van der Waals surface area (Å²) < 4.78 is 0. The first kappa shape index (κ1) is 9.48. The Bertz CT molecular complexity index is 152. The third-order valence-corrected chi connectivity index (χ3v) is 2.35. The van der Waals surface area contributed by atoms with Gasteiger partial charge in [-0.3, -0.25) is 4.79 Å². The Hall–Kier alpha value is -0.610. The number of nitrogens with two attached hydrogens (primary N) is 1. The van der Waals surface area contributed by atoms with Gasteiger partial charge in [-0.2, -0.15) is 0 Å². The minimum absolute atomic E-state index is 0.282. The molecule has 3 N–H and O–H groups in total. The van der Waals surface area contributed by atoms with Crippen molar-refractivity contribution in [2.24, 2.45) is 0 Å². The Labute approximate surface area is 73.5 Å². The number of hydrogen-bond acceptors (Lipinski definition) is 1. The maximum atomic E-state index is 11.4. The molecule has 1 aliphatic rings. The smallest absolute Gasteiger partial charge is 0.278 e. The number of carbonyl (C=O) groups excluding carboxylic acids is 1. The van der Waals surface area contributed by atoms with Gasteiger partial charge in [-0.25, -0.2) is 0 Å². The topological polar surface area (TPSA) is 41.4 Å². The fourth-order valence-electron chi connectivity index (χ4n) is 1.44. The van der Waals surface area contributed by atoms with Gasteiger partial charge in [0.15, 0.2) is 6.54 Å². The second kappa shape index (κ2) is 4.42. The van der Waals surface area contributed by atoms with Crippen molar-refractivity contribution in [2.45, 2.75) is 0 Å². The quantitative estimate of drug-likeness (QED) is 0.448. The predicted octanol–water partition coefficient (Wildman–Crippen LogP) is -3.46. The maximum absolute atomic E-state index is 11.4. The standard InChI is InChI=1S/C8H17N3O/c1-9-7-8(12)11-5-3-10(2)4-6-11/h9H,3-7H2,1-2H3/p+2. The first-order valence-corrected chi connectivity index (χ1v) is 4.61. The highest BCUT2D eigenvalue weighted by Gasteiger charge is 2.21. The molecule has 1 fully saturated rings. The molecule has 1 heterocycles.